The maximum absolute atomic E-state index is 11.2. The Morgan fingerprint density at radius 2 is 1.88 bits per heavy atom. The van der Waals surface area contributed by atoms with Crippen LogP contribution in [0.5, 0.6) is 0 Å². The minimum absolute atomic E-state index is 0.0897. The minimum atomic E-state index is -0.116. The van der Waals surface area contributed by atoms with Crippen molar-refractivity contribution in [2.75, 3.05) is 20.8 Å². The van der Waals surface area contributed by atoms with E-state index in [1.807, 2.05) is 24.3 Å². The molecule has 0 atom stereocenters. The highest BCUT2D eigenvalue weighted by Gasteiger charge is 2.03. The highest BCUT2D eigenvalue weighted by molar-refractivity contribution is 5.77. The van der Waals surface area contributed by atoms with Crippen LogP contribution in [-0.4, -0.2) is 26.7 Å². The predicted octanol–water partition coefficient (Wildman–Crippen LogP) is 1.10. The molecule has 0 saturated carbocycles. The molecule has 0 heterocycles. The summed E-state index contributed by atoms with van der Waals surface area (Å²) in [5.74, 6) is -0.116. The van der Waals surface area contributed by atoms with Crippen LogP contribution in [-0.2, 0) is 27.4 Å². The highest BCUT2D eigenvalue weighted by Crippen LogP contribution is 2.09. The first-order valence-electron chi connectivity index (χ1n) is 5.09. The van der Waals surface area contributed by atoms with E-state index in [-0.39, 0.29) is 12.5 Å². The number of methoxy groups -OCH3 is 2. The SMILES string of the molecule is COCC(=O)NCc1ccccc1COC. The molecule has 1 rings (SSSR count). The van der Waals surface area contributed by atoms with Crippen molar-refractivity contribution in [1.82, 2.24) is 5.32 Å². The van der Waals surface area contributed by atoms with E-state index < -0.39 is 0 Å². The zero-order chi connectivity index (χ0) is 11.8. The van der Waals surface area contributed by atoms with Crippen molar-refractivity contribution in [3.8, 4) is 0 Å². The normalized spacial score (nSPS) is 10.1. The van der Waals surface area contributed by atoms with Crippen molar-refractivity contribution in [1.29, 1.82) is 0 Å². The molecule has 1 aromatic carbocycles. The Morgan fingerprint density at radius 3 is 2.50 bits per heavy atom. The van der Waals surface area contributed by atoms with E-state index in [1.165, 1.54) is 7.11 Å². The number of rotatable bonds is 6. The first-order chi connectivity index (χ1) is 7.77. The van der Waals surface area contributed by atoms with Gasteiger partial charge >= 0.3 is 0 Å². The second kappa shape index (κ2) is 6.98. The molecule has 0 unspecified atom stereocenters. The van der Waals surface area contributed by atoms with Crippen LogP contribution in [0.1, 0.15) is 11.1 Å². The van der Waals surface area contributed by atoms with Gasteiger partial charge in [0.15, 0.2) is 0 Å². The van der Waals surface area contributed by atoms with Gasteiger partial charge in [-0.25, -0.2) is 0 Å². The van der Waals surface area contributed by atoms with Gasteiger partial charge in [-0.05, 0) is 11.1 Å². The Balaban J connectivity index is 2.55. The smallest absolute Gasteiger partial charge is 0.246 e. The average Bonchev–Trinajstić information content (AvgIpc) is 2.29. The largest absolute Gasteiger partial charge is 0.380 e. The molecule has 4 nitrogen and oxygen atoms in total. The maximum Gasteiger partial charge on any atom is 0.246 e. The molecule has 0 aliphatic carbocycles. The van der Waals surface area contributed by atoms with Gasteiger partial charge < -0.3 is 14.8 Å². The summed E-state index contributed by atoms with van der Waals surface area (Å²) in [5.41, 5.74) is 2.15. The number of nitrogens with one attached hydrogen (secondary N) is 1. The molecule has 0 aromatic heterocycles. The maximum atomic E-state index is 11.2. The molecule has 1 amide bonds. The molecule has 16 heavy (non-hydrogen) atoms. The van der Waals surface area contributed by atoms with Gasteiger partial charge in [-0.2, -0.15) is 0 Å². The van der Waals surface area contributed by atoms with Gasteiger partial charge in [0.2, 0.25) is 5.91 Å². The van der Waals surface area contributed by atoms with Crippen molar-refractivity contribution >= 4 is 5.91 Å². The zero-order valence-corrected chi connectivity index (χ0v) is 9.66. The summed E-state index contributed by atoms with van der Waals surface area (Å²) in [4.78, 5) is 11.2. The number of benzene rings is 1. The molecule has 1 N–H and O–H groups in total. The molecular formula is C12H17NO3. The van der Waals surface area contributed by atoms with E-state index in [9.17, 15) is 4.79 Å². The first kappa shape index (κ1) is 12.7. The number of hydrogen-bond acceptors (Lipinski definition) is 3. The van der Waals surface area contributed by atoms with Crippen molar-refractivity contribution in [2.45, 2.75) is 13.2 Å². The van der Waals surface area contributed by atoms with Crippen LogP contribution >= 0.6 is 0 Å². The molecule has 0 bridgehead atoms. The van der Waals surface area contributed by atoms with Crippen molar-refractivity contribution < 1.29 is 14.3 Å². The molecule has 0 aliphatic rings. The Morgan fingerprint density at radius 1 is 1.19 bits per heavy atom. The van der Waals surface area contributed by atoms with Crippen molar-refractivity contribution in [3.63, 3.8) is 0 Å². The van der Waals surface area contributed by atoms with E-state index >= 15 is 0 Å². The Hall–Kier alpha value is -1.39. The fourth-order valence-electron chi connectivity index (χ4n) is 1.40. The summed E-state index contributed by atoms with van der Waals surface area (Å²) < 4.78 is 9.82. The lowest BCUT2D eigenvalue weighted by atomic mass is 10.1. The molecule has 0 fully saturated rings. The second-order valence-corrected chi connectivity index (χ2v) is 3.41. The topological polar surface area (TPSA) is 47.6 Å². The fourth-order valence-corrected chi connectivity index (χ4v) is 1.40. The highest BCUT2D eigenvalue weighted by atomic mass is 16.5. The van der Waals surface area contributed by atoms with Crippen molar-refractivity contribution in [3.05, 3.63) is 35.4 Å². The number of carbonyl (C=O) groups is 1. The van der Waals surface area contributed by atoms with Gasteiger partial charge in [-0.15, -0.1) is 0 Å². The van der Waals surface area contributed by atoms with Crippen LogP contribution in [0.3, 0.4) is 0 Å². The van der Waals surface area contributed by atoms with Crippen LogP contribution in [0.25, 0.3) is 0 Å². The molecule has 0 radical (unpaired) electrons. The summed E-state index contributed by atoms with van der Waals surface area (Å²) in [6.45, 7) is 1.14. The van der Waals surface area contributed by atoms with E-state index in [4.69, 9.17) is 9.47 Å². The van der Waals surface area contributed by atoms with Gasteiger partial charge in [0.05, 0.1) is 6.61 Å². The lowest BCUT2D eigenvalue weighted by molar-refractivity contribution is -0.124. The Kier molecular flexibility index (Phi) is 5.53. The lowest BCUT2D eigenvalue weighted by Gasteiger charge is -2.09. The van der Waals surface area contributed by atoms with Crippen LogP contribution in [0.15, 0.2) is 24.3 Å². The van der Waals surface area contributed by atoms with Gasteiger partial charge in [0.1, 0.15) is 6.61 Å². The van der Waals surface area contributed by atoms with Gasteiger partial charge in [0.25, 0.3) is 0 Å². The van der Waals surface area contributed by atoms with Crippen LogP contribution in [0, 0.1) is 0 Å². The molecule has 88 valence electrons. The Bertz CT molecular complexity index is 339. The van der Waals surface area contributed by atoms with Gasteiger partial charge in [-0.3, -0.25) is 4.79 Å². The van der Waals surface area contributed by atoms with Crippen LogP contribution < -0.4 is 5.32 Å². The monoisotopic (exact) mass is 223 g/mol. The molecule has 0 saturated heterocycles. The quantitative estimate of drug-likeness (QED) is 0.785. The third-order valence-electron chi connectivity index (χ3n) is 2.17. The molecule has 0 spiro atoms. The van der Waals surface area contributed by atoms with E-state index in [0.29, 0.717) is 13.2 Å². The summed E-state index contributed by atoms with van der Waals surface area (Å²) in [6.07, 6.45) is 0. The number of amides is 1. The van der Waals surface area contributed by atoms with E-state index in [0.717, 1.165) is 11.1 Å². The molecule has 0 aliphatic heterocycles. The van der Waals surface area contributed by atoms with E-state index in [2.05, 4.69) is 5.32 Å². The van der Waals surface area contributed by atoms with Crippen molar-refractivity contribution in [2.24, 2.45) is 0 Å². The molecule has 1 aromatic rings. The predicted molar refractivity (Wildman–Crippen MR) is 60.9 cm³/mol. The van der Waals surface area contributed by atoms with Crippen LogP contribution in [0.4, 0.5) is 0 Å². The van der Waals surface area contributed by atoms with Gasteiger partial charge in [-0.1, -0.05) is 24.3 Å². The first-order valence-corrected chi connectivity index (χ1v) is 5.09. The number of carbonyl (C=O) groups excluding carboxylic acids is 1. The number of ether oxygens (including phenoxy) is 2. The third-order valence-corrected chi connectivity index (χ3v) is 2.17. The summed E-state index contributed by atoms with van der Waals surface area (Å²) in [5, 5.41) is 2.78. The third kappa shape index (κ3) is 4.00. The summed E-state index contributed by atoms with van der Waals surface area (Å²) in [6, 6.07) is 7.86. The van der Waals surface area contributed by atoms with Crippen LogP contribution in [0.2, 0.25) is 0 Å². The minimum Gasteiger partial charge on any atom is -0.380 e. The second-order valence-electron chi connectivity index (χ2n) is 3.41. The average molecular weight is 223 g/mol. The summed E-state index contributed by atoms with van der Waals surface area (Å²) in [7, 11) is 3.15. The number of hydrogen-bond donors (Lipinski definition) is 1. The molecule has 4 heteroatoms. The van der Waals surface area contributed by atoms with E-state index in [1.54, 1.807) is 7.11 Å². The standard InChI is InChI=1S/C12H17NO3/c1-15-8-11-6-4-3-5-10(11)7-13-12(14)9-16-2/h3-6H,7-9H2,1-2H3,(H,13,14). The molecular weight excluding hydrogens is 206 g/mol. The lowest BCUT2D eigenvalue weighted by Crippen LogP contribution is -2.27. The zero-order valence-electron chi connectivity index (χ0n) is 9.66. The Labute approximate surface area is 95.6 Å². The van der Waals surface area contributed by atoms with Gasteiger partial charge in [0, 0.05) is 20.8 Å². The fraction of sp³-hybridized carbons (Fsp3) is 0.417. The summed E-state index contributed by atoms with van der Waals surface area (Å²) >= 11 is 0.